The number of allylic oxidation sites excluding steroid dienone is 1. The van der Waals surface area contributed by atoms with Gasteiger partial charge in [0.05, 0.1) is 26.2 Å². The van der Waals surface area contributed by atoms with Gasteiger partial charge in [-0.2, -0.15) is 0 Å². The molecule has 1 fully saturated rings. The monoisotopic (exact) mass is 571 g/mol. The zero-order chi connectivity index (χ0) is 29.5. The van der Waals surface area contributed by atoms with Gasteiger partial charge in [0.2, 0.25) is 5.91 Å². The minimum Gasteiger partial charge on any atom is -0.508 e. The maximum absolute atomic E-state index is 14.2. The Morgan fingerprint density at radius 1 is 1.07 bits per heavy atom. The first-order valence-corrected chi connectivity index (χ1v) is 14.7. The molecule has 1 saturated heterocycles. The second-order valence-electron chi connectivity index (χ2n) is 11.5. The van der Waals surface area contributed by atoms with E-state index in [1.807, 2.05) is 41.4 Å². The van der Waals surface area contributed by atoms with Gasteiger partial charge in [0.1, 0.15) is 23.4 Å². The molecule has 2 aromatic carbocycles. The molecule has 0 spiro atoms. The van der Waals surface area contributed by atoms with Crippen LogP contribution in [0.25, 0.3) is 6.08 Å². The molecule has 3 aromatic rings. The Kier molecular flexibility index (Phi) is 9.45. The number of amides is 1. The number of ether oxygens (including phenoxy) is 2. The van der Waals surface area contributed by atoms with Crippen LogP contribution in [0.2, 0.25) is 0 Å². The fourth-order valence-electron chi connectivity index (χ4n) is 6.09. The molecule has 0 bridgehead atoms. The number of pyridine rings is 1. The van der Waals surface area contributed by atoms with Crippen molar-refractivity contribution in [2.45, 2.75) is 50.2 Å². The Morgan fingerprint density at radius 2 is 1.79 bits per heavy atom. The van der Waals surface area contributed by atoms with Crippen molar-refractivity contribution in [3.05, 3.63) is 89.8 Å². The number of phenols is 1. The topological polar surface area (TPSA) is 95.4 Å². The fraction of sp³-hybridized carbons (Fsp3) is 0.412. The number of phenolic OH excluding ortho intramolecular Hbond substituents is 1. The lowest BCUT2D eigenvalue weighted by Crippen LogP contribution is -2.54. The number of hydrogen-bond donors (Lipinski definition) is 2. The van der Waals surface area contributed by atoms with Gasteiger partial charge in [-0.3, -0.25) is 9.78 Å². The van der Waals surface area contributed by atoms with E-state index < -0.39 is 12.1 Å². The smallest absolute Gasteiger partial charge is 0.226 e. The number of rotatable bonds is 12. The highest BCUT2D eigenvalue weighted by atomic mass is 16.5. The van der Waals surface area contributed by atoms with Crippen molar-refractivity contribution in [1.29, 1.82) is 0 Å². The van der Waals surface area contributed by atoms with Crippen LogP contribution in [0.1, 0.15) is 55.4 Å². The quantitative estimate of drug-likeness (QED) is 0.317. The predicted molar refractivity (Wildman–Crippen MR) is 163 cm³/mol. The Balaban J connectivity index is 1.44. The van der Waals surface area contributed by atoms with E-state index in [4.69, 9.17) is 9.47 Å². The highest BCUT2D eigenvalue weighted by molar-refractivity contribution is 5.77. The van der Waals surface area contributed by atoms with Crippen molar-refractivity contribution in [1.82, 2.24) is 14.8 Å². The van der Waals surface area contributed by atoms with E-state index in [9.17, 15) is 15.0 Å². The molecule has 8 nitrogen and oxygen atoms in total. The van der Waals surface area contributed by atoms with Gasteiger partial charge >= 0.3 is 0 Å². The van der Waals surface area contributed by atoms with Gasteiger partial charge in [-0.05, 0) is 91.5 Å². The molecule has 5 rings (SSSR count). The van der Waals surface area contributed by atoms with Crippen molar-refractivity contribution >= 4 is 12.0 Å². The summed E-state index contributed by atoms with van der Waals surface area (Å²) in [6, 6.07) is 15.4. The number of fused-ring (bicyclic) bond motifs is 1. The second-order valence-corrected chi connectivity index (χ2v) is 11.5. The number of benzene rings is 2. The van der Waals surface area contributed by atoms with Gasteiger partial charge in [-0.1, -0.05) is 31.2 Å². The van der Waals surface area contributed by atoms with Crippen LogP contribution in [0.4, 0.5) is 0 Å². The predicted octanol–water partition coefficient (Wildman–Crippen LogP) is 4.97. The van der Waals surface area contributed by atoms with Crippen molar-refractivity contribution in [2.24, 2.45) is 0 Å². The van der Waals surface area contributed by atoms with Crippen molar-refractivity contribution in [3.63, 3.8) is 0 Å². The number of carbonyl (C=O) groups excluding carboxylic acids is 1. The molecule has 2 heterocycles. The van der Waals surface area contributed by atoms with Gasteiger partial charge in [0.25, 0.3) is 0 Å². The van der Waals surface area contributed by atoms with Crippen LogP contribution in [0.3, 0.4) is 0 Å². The van der Waals surface area contributed by atoms with Crippen molar-refractivity contribution in [2.75, 3.05) is 39.9 Å². The van der Waals surface area contributed by atoms with Gasteiger partial charge in [0, 0.05) is 30.9 Å². The molecule has 1 aliphatic heterocycles. The average Bonchev–Trinajstić information content (AvgIpc) is 3.53. The highest BCUT2D eigenvalue weighted by Crippen LogP contribution is 2.38. The van der Waals surface area contributed by atoms with E-state index in [2.05, 4.69) is 29.0 Å². The summed E-state index contributed by atoms with van der Waals surface area (Å²) in [5, 5.41) is 21.7. The number of carbonyl (C=O) groups is 1. The lowest BCUT2D eigenvalue weighted by atomic mass is 9.74. The first-order valence-electron chi connectivity index (χ1n) is 14.7. The number of aromatic nitrogens is 1. The molecule has 1 unspecified atom stereocenters. The average molecular weight is 572 g/mol. The van der Waals surface area contributed by atoms with Crippen LogP contribution in [0.5, 0.6) is 17.2 Å². The van der Waals surface area contributed by atoms with E-state index in [1.165, 1.54) is 0 Å². The number of hydrogen-bond acceptors (Lipinski definition) is 7. The number of aromatic hydroxyl groups is 1. The third kappa shape index (κ3) is 6.94. The van der Waals surface area contributed by atoms with Crippen LogP contribution in [-0.2, 0) is 10.2 Å². The first-order chi connectivity index (χ1) is 20.4. The molecular weight excluding hydrogens is 530 g/mol. The zero-order valence-corrected chi connectivity index (χ0v) is 24.5. The Hall–Kier alpha value is -3.88. The lowest BCUT2D eigenvalue weighted by molar-refractivity contribution is -0.138. The molecule has 8 heteroatoms. The number of methoxy groups -OCH3 is 1. The van der Waals surface area contributed by atoms with Crippen LogP contribution in [0, 0.1) is 0 Å². The molecule has 1 aliphatic carbocycles. The Bertz CT molecular complexity index is 1350. The van der Waals surface area contributed by atoms with Crippen molar-refractivity contribution in [3.8, 4) is 17.2 Å². The summed E-state index contributed by atoms with van der Waals surface area (Å²) in [5.41, 5.74) is 2.48. The molecule has 222 valence electrons. The summed E-state index contributed by atoms with van der Waals surface area (Å²) in [6.07, 6.45) is 10.2. The summed E-state index contributed by atoms with van der Waals surface area (Å²) in [7, 11) is 1.62. The van der Waals surface area contributed by atoms with Crippen molar-refractivity contribution < 1.29 is 24.5 Å². The van der Waals surface area contributed by atoms with Crippen LogP contribution >= 0.6 is 0 Å². The van der Waals surface area contributed by atoms with E-state index >= 15 is 0 Å². The summed E-state index contributed by atoms with van der Waals surface area (Å²) in [6.45, 7) is 5.24. The van der Waals surface area contributed by atoms with Crippen LogP contribution < -0.4 is 9.47 Å². The van der Waals surface area contributed by atoms with Gasteiger partial charge in [-0.15, -0.1) is 0 Å². The van der Waals surface area contributed by atoms with E-state index in [-0.39, 0.29) is 30.1 Å². The summed E-state index contributed by atoms with van der Waals surface area (Å²) in [4.78, 5) is 22.8. The van der Waals surface area contributed by atoms with E-state index in [0.29, 0.717) is 24.4 Å². The third-order valence-electron chi connectivity index (χ3n) is 8.50. The molecule has 1 aromatic heterocycles. The van der Waals surface area contributed by atoms with E-state index in [0.717, 1.165) is 49.2 Å². The number of nitrogens with zero attached hydrogens (tertiary/aromatic N) is 3. The Morgan fingerprint density at radius 3 is 2.50 bits per heavy atom. The highest BCUT2D eigenvalue weighted by Gasteiger charge is 2.39. The Labute approximate surface area is 248 Å². The summed E-state index contributed by atoms with van der Waals surface area (Å²) in [5.74, 6) is 1.46. The van der Waals surface area contributed by atoms with Gasteiger partial charge in [-0.25, -0.2) is 0 Å². The molecule has 2 N–H and O–H groups in total. The number of likely N-dealkylation sites (tertiary alicyclic amines) is 1. The molecule has 2 aliphatic rings. The minimum absolute atomic E-state index is 0.0771. The standard InChI is InChI=1S/C34H41N3O5/c1-34(17-5-6-25-15-18-35-22-30(25)34)24-37(32(39)16-21-42-29-13-11-28(41-2)12-14-29)31(23-36-19-3-4-20-36)33(40)26-7-9-27(38)10-8-26/h5-15,18,22,31,33,38,40H,3-4,16-17,19-21,23-24H2,1-2H3/t31-,33-,34?/m1/s1. The summed E-state index contributed by atoms with van der Waals surface area (Å²) < 4.78 is 11.2. The normalized spacial score (nSPS) is 19.6. The molecule has 3 atom stereocenters. The molecule has 0 saturated carbocycles. The van der Waals surface area contributed by atoms with Crippen LogP contribution in [0.15, 0.2) is 73.1 Å². The first kappa shape index (κ1) is 29.6. The van der Waals surface area contributed by atoms with Crippen LogP contribution in [-0.4, -0.2) is 76.8 Å². The van der Waals surface area contributed by atoms with Gasteiger partial charge in [0.15, 0.2) is 0 Å². The summed E-state index contributed by atoms with van der Waals surface area (Å²) >= 11 is 0. The minimum atomic E-state index is -0.936. The largest absolute Gasteiger partial charge is 0.508 e. The fourth-order valence-corrected chi connectivity index (χ4v) is 6.09. The SMILES string of the molecule is COc1ccc(OCCC(=O)N(CC2(C)CC=Cc3ccncc32)[C@H](CN2CCCC2)[C@H](O)c2ccc(O)cc2)cc1. The molecular formula is C34H41N3O5. The van der Waals surface area contributed by atoms with Gasteiger partial charge < -0.3 is 29.5 Å². The lowest BCUT2D eigenvalue weighted by Gasteiger charge is -2.43. The maximum Gasteiger partial charge on any atom is 0.226 e. The number of aliphatic hydroxyl groups is 1. The van der Waals surface area contributed by atoms with E-state index in [1.54, 1.807) is 37.6 Å². The number of aliphatic hydroxyl groups excluding tert-OH is 1. The zero-order valence-electron chi connectivity index (χ0n) is 24.5. The third-order valence-corrected chi connectivity index (χ3v) is 8.50. The maximum atomic E-state index is 14.2. The molecule has 0 radical (unpaired) electrons. The molecule has 1 amide bonds. The molecule has 42 heavy (non-hydrogen) atoms. The second kappa shape index (κ2) is 13.4.